The number of aryl methyl sites for hydroxylation is 4. The third-order valence-corrected chi connectivity index (χ3v) is 35.7. The van der Waals surface area contributed by atoms with E-state index in [1.54, 1.807) is 0 Å². The van der Waals surface area contributed by atoms with Crippen LogP contribution in [-0.2, 0) is 0 Å². The Hall–Kier alpha value is -6.71. The Bertz CT molecular complexity index is 3840. The van der Waals surface area contributed by atoms with Crippen molar-refractivity contribution in [1.82, 2.24) is 9.13 Å². The van der Waals surface area contributed by atoms with Crippen molar-refractivity contribution in [2.45, 2.75) is 189 Å². The number of halogens is 2. The number of hydrogen-bond acceptors (Lipinski definition) is 4. The highest BCUT2D eigenvalue weighted by molar-refractivity contribution is 6.77. The van der Waals surface area contributed by atoms with Crippen molar-refractivity contribution in [3.05, 3.63) is 155 Å². The predicted molar refractivity (Wildman–Crippen MR) is 398 cm³/mol. The van der Waals surface area contributed by atoms with E-state index in [-0.39, 0.29) is 36.3 Å². The smallest absolute Gasteiger partial charge is 0.151 e. The van der Waals surface area contributed by atoms with Gasteiger partial charge in [0, 0.05) is 39.1 Å². The zero-order valence-corrected chi connectivity index (χ0v) is 62.6. The molecule has 0 spiro atoms. The molecule has 0 aliphatic rings. The summed E-state index contributed by atoms with van der Waals surface area (Å²) in [7, 11) is -6.02. The first-order valence-electron chi connectivity index (χ1n) is 33.8. The lowest BCUT2D eigenvalue weighted by molar-refractivity contribution is 0.244. The molecule has 6 nitrogen and oxygen atoms in total. The molecule has 0 unspecified atom stereocenters. The average molecular weight is 1290 g/mol. The van der Waals surface area contributed by atoms with Crippen molar-refractivity contribution in [3.8, 4) is 56.6 Å². The van der Waals surface area contributed by atoms with Crippen molar-refractivity contribution in [2.75, 3.05) is 13.2 Å². The number of rotatable bonds is 22. The number of fused-ring (bicyclic) bond motifs is 6. The lowest BCUT2D eigenvalue weighted by Crippen LogP contribution is -2.35. The van der Waals surface area contributed by atoms with Crippen LogP contribution in [0.5, 0.6) is 23.0 Å². The van der Waals surface area contributed by atoms with E-state index >= 15 is 8.78 Å². The fourth-order valence-corrected chi connectivity index (χ4v) is 31.5. The number of nitrogens with zero attached hydrogens (tertiary/aromatic N) is 2. The van der Waals surface area contributed by atoms with Gasteiger partial charge in [-0.05, 0) is 166 Å². The van der Waals surface area contributed by atoms with E-state index in [0.29, 0.717) is 95.9 Å². The van der Waals surface area contributed by atoms with Gasteiger partial charge in [-0.1, -0.05) is 192 Å². The standard InChI is InChI=1S/C79H100F2N2O4Si4/c1-44(2)88(45(3)4)60-22-26-64-65-27-23-61(89(46(5)6)47(7)8)41-71(65)82(70(64)40-60)74-76(84)68(56-32-52(17)34-58(80)38-56)36-54(19)78(74)86-30-21-31-87-79-55(20)37-69(57-33-53(18)35-59(81)39-57)77(85)75(79)83-72-42-62(90(48(9)10)49(11)12)24-28-66(72)67-29-25-63(43-73(67)83)91(50(13)14)51(15)16/h22-29,32-51,84-85,88-91H,21,30-31H2,1-20H3. The maximum Gasteiger partial charge on any atom is 0.151 e. The zero-order valence-electron chi connectivity index (χ0n) is 58.0. The molecule has 12 heteroatoms. The first-order valence-corrected chi connectivity index (χ1v) is 41.4. The molecule has 2 aromatic heterocycles. The van der Waals surface area contributed by atoms with E-state index in [1.165, 1.54) is 45.0 Å². The van der Waals surface area contributed by atoms with Crippen LogP contribution in [0.15, 0.2) is 121 Å². The molecular weight excluding hydrogens is 1190 g/mol. The van der Waals surface area contributed by atoms with Crippen LogP contribution in [-0.4, -0.2) is 67.7 Å². The molecule has 0 atom stereocenters. The second kappa shape index (κ2) is 27.1. The van der Waals surface area contributed by atoms with E-state index < -0.39 is 35.2 Å². The molecule has 10 aromatic rings. The summed E-state index contributed by atoms with van der Waals surface area (Å²) >= 11 is 0. The van der Waals surface area contributed by atoms with Crippen LogP contribution in [0.25, 0.3) is 77.2 Å². The largest absolute Gasteiger partial charge is 0.505 e. The number of phenols is 2. The molecule has 0 radical (unpaired) electrons. The van der Waals surface area contributed by atoms with Crippen molar-refractivity contribution in [3.63, 3.8) is 0 Å². The van der Waals surface area contributed by atoms with Crippen LogP contribution < -0.4 is 30.2 Å². The molecule has 91 heavy (non-hydrogen) atoms. The van der Waals surface area contributed by atoms with Crippen LogP contribution in [0.1, 0.15) is 139 Å². The summed E-state index contributed by atoms with van der Waals surface area (Å²) in [5, 5.41) is 36.5. The number of hydrogen-bond donors (Lipinski definition) is 2. The molecule has 2 N–H and O–H groups in total. The van der Waals surface area contributed by atoms with Gasteiger partial charge in [-0.2, -0.15) is 0 Å². The molecule has 2 heterocycles. The maximum absolute atomic E-state index is 15.5. The third kappa shape index (κ3) is 13.1. The fraction of sp³-hybridized carbons (Fsp3) is 0.392. The van der Waals surface area contributed by atoms with Gasteiger partial charge in [-0.3, -0.25) is 0 Å². The van der Waals surface area contributed by atoms with Crippen LogP contribution in [0.4, 0.5) is 8.78 Å². The first kappa shape index (κ1) is 67.2. The highest BCUT2D eigenvalue weighted by Gasteiger charge is 2.32. The molecule has 0 fully saturated rings. The summed E-state index contributed by atoms with van der Waals surface area (Å²) in [5.74, 6) is 0.399. The molecule has 0 aliphatic carbocycles. The van der Waals surface area contributed by atoms with Gasteiger partial charge in [-0.15, -0.1) is 0 Å². The lowest BCUT2D eigenvalue weighted by Gasteiger charge is -2.25. The van der Waals surface area contributed by atoms with Crippen LogP contribution >= 0.6 is 0 Å². The number of aromatic nitrogens is 2. The van der Waals surface area contributed by atoms with E-state index in [1.807, 2.05) is 52.0 Å². The summed E-state index contributed by atoms with van der Waals surface area (Å²) in [6.45, 7) is 46.0. The number of phenolic OH excluding ortho intramolecular Hbond substituents is 2. The molecule has 0 amide bonds. The second-order valence-electron chi connectivity index (χ2n) is 29.5. The summed E-state index contributed by atoms with van der Waals surface area (Å²) in [6, 6.07) is 42.1. The topological polar surface area (TPSA) is 68.8 Å². The van der Waals surface area contributed by atoms with Crippen LogP contribution in [0.3, 0.4) is 0 Å². The van der Waals surface area contributed by atoms with Gasteiger partial charge in [0.1, 0.15) is 34.5 Å². The SMILES string of the molecule is Cc1cc(F)cc(-c2cc(C)c(OCCCOc3c(C)cc(-c4cc(C)cc(F)c4)c(O)c3-n3c4cc([SiH](C(C)C)C(C)C)ccc4c4ccc([SiH](C(C)C)C(C)C)cc43)c(-n3c4cc([SiH](C(C)C)C(C)C)ccc4c4ccc([SiH](C(C)C)C(C)C)cc43)c2O)c1. The van der Waals surface area contributed by atoms with Crippen LogP contribution in [0, 0.1) is 39.3 Å². The summed E-state index contributed by atoms with van der Waals surface area (Å²) < 4.78 is 50.0. The Morgan fingerprint density at radius 1 is 0.363 bits per heavy atom. The van der Waals surface area contributed by atoms with Gasteiger partial charge in [-0.25, -0.2) is 8.78 Å². The third-order valence-electron chi connectivity index (χ3n) is 19.7. The Balaban J connectivity index is 1.15. The monoisotopic (exact) mass is 1290 g/mol. The highest BCUT2D eigenvalue weighted by Crippen LogP contribution is 2.49. The van der Waals surface area contributed by atoms with Crippen molar-refractivity contribution in [1.29, 1.82) is 0 Å². The zero-order chi connectivity index (χ0) is 65.9. The van der Waals surface area contributed by atoms with Gasteiger partial charge in [0.2, 0.25) is 0 Å². The predicted octanol–water partition coefficient (Wildman–Crippen LogP) is 19.0. The first-order chi connectivity index (χ1) is 43.1. The number of aromatic hydroxyl groups is 2. The summed E-state index contributed by atoms with van der Waals surface area (Å²) in [4.78, 5) is 0. The number of ether oxygens (including phenoxy) is 2. The van der Waals surface area contributed by atoms with E-state index in [4.69, 9.17) is 9.47 Å². The van der Waals surface area contributed by atoms with E-state index in [0.717, 1.165) is 65.9 Å². The molecule has 0 saturated heterocycles. The minimum atomic E-state index is -1.51. The Morgan fingerprint density at radius 3 is 0.868 bits per heavy atom. The molecule has 480 valence electrons. The van der Waals surface area contributed by atoms with Crippen molar-refractivity contribution >= 4 is 99.5 Å². The minimum absolute atomic E-state index is 0.0212. The molecule has 0 bridgehead atoms. The Kier molecular flexibility index (Phi) is 20.0. The number of benzene rings is 8. The van der Waals surface area contributed by atoms with E-state index in [9.17, 15) is 10.2 Å². The fourth-order valence-electron chi connectivity index (χ4n) is 16.5. The second-order valence-corrected chi connectivity index (χ2v) is 47.0. The van der Waals surface area contributed by atoms with Crippen molar-refractivity contribution in [2.24, 2.45) is 0 Å². The lowest BCUT2D eigenvalue weighted by atomic mass is 9.98. The molecule has 8 aromatic carbocycles. The summed E-state index contributed by atoms with van der Waals surface area (Å²) in [6.07, 6.45) is 0.441. The maximum atomic E-state index is 15.5. The van der Waals surface area contributed by atoms with E-state index in [2.05, 4.69) is 193 Å². The van der Waals surface area contributed by atoms with Gasteiger partial charge in [0.05, 0.1) is 70.5 Å². The molecule has 0 aliphatic heterocycles. The molecule has 0 saturated carbocycles. The van der Waals surface area contributed by atoms with Gasteiger partial charge >= 0.3 is 0 Å². The van der Waals surface area contributed by atoms with Crippen molar-refractivity contribution < 1.29 is 28.5 Å². The average Bonchev–Trinajstić information content (AvgIpc) is 1.72. The Morgan fingerprint density at radius 2 is 0.626 bits per heavy atom. The molecular formula is C79H100F2N2O4Si4. The quantitative estimate of drug-likeness (QED) is 0.0524. The normalized spacial score (nSPS) is 12.6. The van der Waals surface area contributed by atoms with Crippen LogP contribution in [0.2, 0.25) is 44.3 Å². The van der Waals surface area contributed by atoms with Gasteiger partial charge in [0.15, 0.2) is 11.5 Å². The highest BCUT2D eigenvalue weighted by atomic mass is 28.3. The summed E-state index contributed by atoms with van der Waals surface area (Å²) in [5.41, 5.74) is 14.6. The molecule has 10 rings (SSSR count). The van der Waals surface area contributed by atoms with Gasteiger partial charge < -0.3 is 28.8 Å². The van der Waals surface area contributed by atoms with Gasteiger partial charge in [0.25, 0.3) is 0 Å². The Labute approximate surface area is 548 Å². The minimum Gasteiger partial charge on any atom is -0.505 e.